The first-order valence-electron chi connectivity index (χ1n) is 4.93. The maximum Gasteiger partial charge on any atom is 0.0648 e. The summed E-state index contributed by atoms with van der Waals surface area (Å²) in [5.41, 5.74) is 0. The van der Waals surface area contributed by atoms with Crippen LogP contribution in [0.5, 0.6) is 0 Å². The third-order valence-electron chi connectivity index (χ3n) is 1.47. The summed E-state index contributed by atoms with van der Waals surface area (Å²) >= 11 is 0. The van der Waals surface area contributed by atoms with Gasteiger partial charge in [-0.05, 0) is 13.5 Å². The largest absolute Gasteiger partial charge is 0.378 e. The van der Waals surface area contributed by atoms with Crippen LogP contribution in [0.2, 0.25) is 0 Å². The van der Waals surface area contributed by atoms with Crippen LogP contribution in [0.1, 0.15) is 13.8 Å². The molecule has 0 aliphatic heterocycles. The van der Waals surface area contributed by atoms with Gasteiger partial charge in [-0.1, -0.05) is 19.1 Å². The molecule has 13 heavy (non-hydrogen) atoms. The number of rotatable bonds is 9. The lowest BCUT2D eigenvalue weighted by Crippen LogP contribution is -2.18. The van der Waals surface area contributed by atoms with Crippen LogP contribution in [0, 0.1) is 0 Å². The van der Waals surface area contributed by atoms with Gasteiger partial charge in [0.15, 0.2) is 0 Å². The fraction of sp³-hybridized carbons (Fsp3) is 0.800. The highest BCUT2D eigenvalue weighted by molar-refractivity contribution is 4.80. The zero-order valence-corrected chi connectivity index (χ0v) is 8.71. The number of likely N-dealkylation sites (N-methyl/N-ethyl adjacent to an activating group) is 1. The Labute approximate surface area is 81.1 Å². The smallest absolute Gasteiger partial charge is 0.0648 e. The third kappa shape index (κ3) is 11.6. The lowest BCUT2D eigenvalue weighted by Gasteiger charge is -2.01. The van der Waals surface area contributed by atoms with E-state index in [0.717, 1.165) is 26.3 Å². The van der Waals surface area contributed by atoms with E-state index in [-0.39, 0.29) is 0 Å². The van der Waals surface area contributed by atoms with Crippen LogP contribution in [-0.4, -0.2) is 39.5 Å². The lowest BCUT2D eigenvalue weighted by molar-refractivity contribution is 0.160. The molecule has 0 atom stereocenters. The molecular weight excluding hydrogens is 166 g/mol. The first-order chi connectivity index (χ1) is 6.41. The molecule has 0 aliphatic carbocycles. The second kappa shape index (κ2) is 11.6. The van der Waals surface area contributed by atoms with Crippen molar-refractivity contribution in [3.05, 3.63) is 12.2 Å². The molecule has 0 aromatic carbocycles. The van der Waals surface area contributed by atoms with Gasteiger partial charge in [0.2, 0.25) is 0 Å². The molecule has 78 valence electrons. The fourth-order valence-corrected chi connectivity index (χ4v) is 0.794. The van der Waals surface area contributed by atoms with Crippen LogP contribution in [0.3, 0.4) is 0 Å². The third-order valence-corrected chi connectivity index (χ3v) is 1.47. The maximum absolute atomic E-state index is 5.31. The monoisotopic (exact) mass is 187 g/mol. The van der Waals surface area contributed by atoms with Gasteiger partial charge >= 0.3 is 0 Å². The SMILES string of the molecule is CCNCCOC/C=C\COCC. The standard InChI is InChI=1S/C10H21NO2/c1-3-11-7-10-13-9-6-5-8-12-4-2/h5-6,11H,3-4,7-10H2,1-2H3/b6-5-. The topological polar surface area (TPSA) is 30.5 Å². The molecule has 1 N–H and O–H groups in total. The minimum atomic E-state index is 0.679. The molecule has 0 amide bonds. The van der Waals surface area contributed by atoms with Crippen molar-refractivity contribution in [3.8, 4) is 0 Å². The highest BCUT2D eigenvalue weighted by Crippen LogP contribution is 1.79. The summed E-state index contributed by atoms with van der Waals surface area (Å²) < 4.78 is 10.4. The molecule has 0 spiro atoms. The number of ether oxygens (including phenoxy) is 2. The van der Waals surface area contributed by atoms with Gasteiger partial charge in [-0.25, -0.2) is 0 Å². The van der Waals surface area contributed by atoms with E-state index >= 15 is 0 Å². The van der Waals surface area contributed by atoms with Gasteiger partial charge in [0.25, 0.3) is 0 Å². The summed E-state index contributed by atoms with van der Waals surface area (Å²) in [6.07, 6.45) is 3.97. The molecule has 0 rings (SSSR count). The van der Waals surface area contributed by atoms with E-state index in [4.69, 9.17) is 9.47 Å². The zero-order chi connectivity index (χ0) is 9.78. The van der Waals surface area contributed by atoms with Crippen molar-refractivity contribution in [2.75, 3.05) is 39.5 Å². The molecule has 0 fully saturated rings. The van der Waals surface area contributed by atoms with E-state index in [1.54, 1.807) is 0 Å². The molecule has 3 heteroatoms. The second-order valence-electron chi connectivity index (χ2n) is 2.56. The van der Waals surface area contributed by atoms with Crippen LogP contribution in [0.4, 0.5) is 0 Å². The molecule has 0 saturated heterocycles. The van der Waals surface area contributed by atoms with Crippen LogP contribution in [-0.2, 0) is 9.47 Å². The second-order valence-corrected chi connectivity index (χ2v) is 2.56. The average molecular weight is 187 g/mol. The average Bonchev–Trinajstić information content (AvgIpc) is 2.16. The molecule has 0 radical (unpaired) electrons. The van der Waals surface area contributed by atoms with E-state index in [9.17, 15) is 0 Å². The van der Waals surface area contributed by atoms with Crippen molar-refractivity contribution >= 4 is 0 Å². The van der Waals surface area contributed by atoms with Gasteiger partial charge < -0.3 is 14.8 Å². The minimum Gasteiger partial charge on any atom is -0.378 e. The van der Waals surface area contributed by atoms with Gasteiger partial charge in [-0.3, -0.25) is 0 Å². The first-order valence-corrected chi connectivity index (χ1v) is 4.93. The molecule has 0 aromatic rings. The maximum atomic E-state index is 5.31. The summed E-state index contributed by atoms with van der Waals surface area (Å²) in [5, 5.41) is 3.19. The highest BCUT2D eigenvalue weighted by Gasteiger charge is 1.83. The summed E-state index contributed by atoms with van der Waals surface area (Å²) in [6, 6.07) is 0. The molecule has 3 nitrogen and oxygen atoms in total. The van der Waals surface area contributed by atoms with Crippen LogP contribution >= 0.6 is 0 Å². The number of hydrogen-bond acceptors (Lipinski definition) is 3. The predicted molar refractivity (Wildman–Crippen MR) is 55.0 cm³/mol. The molecule has 0 saturated carbocycles. The van der Waals surface area contributed by atoms with Gasteiger partial charge in [-0.2, -0.15) is 0 Å². The highest BCUT2D eigenvalue weighted by atomic mass is 16.5. The Morgan fingerprint density at radius 2 is 1.77 bits per heavy atom. The number of hydrogen-bond donors (Lipinski definition) is 1. The zero-order valence-electron chi connectivity index (χ0n) is 8.71. The Bertz CT molecular complexity index is 115. The molecule has 0 aliphatic rings. The van der Waals surface area contributed by atoms with Gasteiger partial charge in [0, 0.05) is 13.2 Å². The van der Waals surface area contributed by atoms with E-state index in [2.05, 4.69) is 12.2 Å². The van der Waals surface area contributed by atoms with E-state index in [1.807, 2.05) is 19.1 Å². The van der Waals surface area contributed by atoms with Crippen molar-refractivity contribution in [1.29, 1.82) is 0 Å². The lowest BCUT2D eigenvalue weighted by atomic mass is 10.5. The molecule has 0 aromatic heterocycles. The van der Waals surface area contributed by atoms with E-state index < -0.39 is 0 Å². The Balaban J connectivity index is 2.93. The van der Waals surface area contributed by atoms with Gasteiger partial charge in [0.1, 0.15) is 0 Å². The summed E-state index contributed by atoms with van der Waals surface area (Å²) in [6.45, 7) is 8.91. The fourth-order valence-electron chi connectivity index (χ4n) is 0.794. The van der Waals surface area contributed by atoms with Crippen molar-refractivity contribution in [1.82, 2.24) is 5.32 Å². The summed E-state index contributed by atoms with van der Waals surface area (Å²) in [7, 11) is 0. The van der Waals surface area contributed by atoms with Crippen LogP contribution in [0.15, 0.2) is 12.2 Å². The predicted octanol–water partition coefficient (Wildman–Crippen LogP) is 1.21. The minimum absolute atomic E-state index is 0.679. The molecular formula is C10H21NO2. The van der Waals surface area contributed by atoms with E-state index in [0.29, 0.717) is 13.2 Å². The Hall–Kier alpha value is -0.380. The van der Waals surface area contributed by atoms with Crippen molar-refractivity contribution < 1.29 is 9.47 Å². The summed E-state index contributed by atoms with van der Waals surface area (Å²) in [5.74, 6) is 0. The Kier molecular flexibility index (Phi) is 11.3. The molecule has 0 heterocycles. The van der Waals surface area contributed by atoms with Gasteiger partial charge in [0.05, 0.1) is 19.8 Å². The van der Waals surface area contributed by atoms with Crippen LogP contribution < -0.4 is 5.32 Å². The quantitative estimate of drug-likeness (QED) is 0.434. The Morgan fingerprint density at radius 3 is 2.38 bits per heavy atom. The molecule has 0 unspecified atom stereocenters. The normalized spacial score (nSPS) is 11.2. The van der Waals surface area contributed by atoms with Crippen molar-refractivity contribution in [2.24, 2.45) is 0 Å². The van der Waals surface area contributed by atoms with Crippen LogP contribution in [0.25, 0.3) is 0 Å². The Morgan fingerprint density at radius 1 is 1.08 bits per heavy atom. The first kappa shape index (κ1) is 12.6. The van der Waals surface area contributed by atoms with Crippen molar-refractivity contribution in [2.45, 2.75) is 13.8 Å². The molecule has 0 bridgehead atoms. The number of nitrogens with one attached hydrogen (secondary N) is 1. The van der Waals surface area contributed by atoms with Crippen molar-refractivity contribution in [3.63, 3.8) is 0 Å². The summed E-state index contributed by atoms with van der Waals surface area (Å²) in [4.78, 5) is 0. The van der Waals surface area contributed by atoms with Gasteiger partial charge in [-0.15, -0.1) is 0 Å². The van der Waals surface area contributed by atoms with E-state index in [1.165, 1.54) is 0 Å².